The summed E-state index contributed by atoms with van der Waals surface area (Å²) in [5, 5.41) is 9.46. The van der Waals surface area contributed by atoms with Crippen molar-refractivity contribution in [3.8, 4) is 11.5 Å². The van der Waals surface area contributed by atoms with Gasteiger partial charge in [-0.3, -0.25) is 4.79 Å². The number of fused-ring (bicyclic) bond motifs is 1. The number of H-pyrrole nitrogens is 1. The summed E-state index contributed by atoms with van der Waals surface area (Å²) < 4.78 is 10.5. The predicted octanol–water partition coefficient (Wildman–Crippen LogP) is 2.42. The third-order valence-corrected chi connectivity index (χ3v) is 4.10. The molecule has 0 saturated heterocycles. The van der Waals surface area contributed by atoms with Crippen molar-refractivity contribution in [2.75, 3.05) is 14.2 Å². The van der Waals surface area contributed by atoms with Gasteiger partial charge in [0.25, 0.3) is 5.56 Å². The summed E-state index contributed by atoms with van der Waals surface area (Å²) in [6, 6.07) is 9.90. The fraction of sp³-hybridized carbons (Fsp3) is 0.211. The van der Waals surface area contributed by atoms with Gasteiger partial charge in [-0.25, -0.2) is 9.78 Å². The van der Waals surface area contributed by atoms with Gasteiger partial charge in [-0.05, 0) is 42.3 Å². The molecule has 1 heterocycles. The molecular formula is C19H18N2O5. The third kappa shape index (κ3) is 3.51. The Morgan fingerprint density at radius 2 is 1.85 bits per heavy atom. The van der Waals surface area contributed by atoms with E-state index < -0.39 is 5.97 Å². The number of carbonyl (C=O) groups is 1. The molecule has 134 valence electrons. The number of carboxylic acid groups (broad SMARTS) is 1. The van der Waals surface area contributed by atoms with Crippen LogP contribution in [0.4, 0.5) is 0 Å². The molecule has 3 aromatic rings. The molecule has 0 amide bonds. The lowest BCUT2D eigenvalue weighted by molar-refractivity contribution is 0.0697. The van der Waals surface area contributed by atoms with Gasteiger partial charge in [0, 0.05) is 6.42 Å². The smallest absolute Gasteiger partial charge is 0.335 e. The number of hydrogen-bond acceptors (Lipinski definition) is 5. The van der Waals surface area contributed by atoms with Crippen molar-refractivity contribution in [1.29, 1.82) is 0 Å². The molecule has 2 aromatic carbocycles. The molecule has 0 unspecified atom stereocenters. The maximum absolute atomic E-state index is 12.2. The summed E-state index contributed by atoms with van der Waals surface area (Å²) in [5.41, 5.74) is 1.19. The standard InChI is InChI=1S/C19H18N2O5/c1-25-15-7-3-11(9-16(15)26-2)4-8-17-20-14-10-12(19(23)24)5-6-13(14)18(22)21-17/h3,5-7,9-10H,4,8H2,1-2H3,(H,23,24)(H,20,21,22). The molecule has 2 N–H and O–H groups in total. The minimum Gasteiger partial charge on any atom is -0.493 e. The van der Waals surface area contributed by atoms with E-state index in [-0.39, 0.29) is 11.1 Å². The zero-order valence-electron chi connectivity index (χ0n) is 14.4. The van der Waals surface area contributed by atoms with Crippen molar-refractivity contribution in [3.63, 3.8) is 0 Å². The van der Waals surface area contributed by atoms with E-state index in [1.54, 1.807) is 14.2 Å². The van der Waals surface area contributed by atoms with Gasteiger partial charge in [0.05, 0.1) is 30.7 Å². The Labute approximate surface area is 149 Å². The van der Waals surface area contributed by atoms with E-state index in [2.05, 4.69) is 9.97 Å². The van der Waals surface area contributed by atoms with E-state index in [4.69, 9.17) is 14.6 Å². The van der Waals surface area contributed by atoms with E-state index in [1.807, 2.05) is 18.2 Å². The van der Waals surface area contributed by atoms with Crippen molar-refractivity contribution < 1.29 is 19.4 Å². The number of aromatic carboxylic acids is 1. The molecule has 0 atom stereocenters. The topological polar surface area (TPSA) is 102 Å². The van der Waals surface area contributed by atoms with Crippen LogP contribution in [0.25, 0.3) is 10.9 Å². The molecule has 1 aromatic heterocycles. The van der Waals surface area contributed by atoms with Crippen LogP contribution in [0.1, 0.15) is 21.7 Å². The molecule has 0 spiro atoms. The normalized spacial score (nSPS) is 10.7. The van der Waals surface area contributed by atoms with Gasteiger partial charge >= 0.3 is 5.97 Å². The van der Waals surface area contributed by atoms with Crippen LogP contribution in [0.3, 0.4) is 0 Å². The van der Waals surface area contributed by atoms with Crippen LogP contribution in [0.15, 0.2) is 41.2 Å². The van der Waals surface area contributed by atoms with Crippen LogP contribution in [0.5, 0.6) is 11.5 Å². The second-order valence-electron chi connectivity index (χ2n) is 5.74. The van der Waals surface area contributed by atoms with Crippen molar-refractivity contribution in [2.24, 2.45) is 0 Å². The number of methoxy groups -OCH3 is 2. The number of nitrogens with zero attached hydrogens (tertiary/aromatic N) is 1. The molecule has 7 heteroatoms. The van der Waals surface area contributed by atoms with Crippen LogP contribution in [0, 0.1) is 0 Å². The van der Waals surface area contributed by atoms with E-state index in [1.165, 1.54) is 18.2 Å². The van der Waals surface area contributed by atoms with Crippen LogP contribution in [-0.4, -0.2) is 35.3 Å². The second-order valence-corrected chi connectivity index (χ2v) is 5.74. The first-order chi connectivity index (χ1) is 12.5. The minimum atomic E-state index is -1.05. The summed E-state index contributed by atoms with van der Waals surface area (Å²) in [4.78, 5) is 30.4. The average Bonchev–Trinajstić information content (AvgIpc) is 2.65. The zero-order chi connectivity index (χ0) is 18.7. The molecule has 26 heavy (non-hydrogen) atoms. The van der Waals surface area contributed by atoms with Gasteiger partial charge in [0.1, 0.15) is 5.82 Å². The lowest BCUT2D eigenvalue weighted by atomic mass is 10.1. The van der Waals surface area contributed by atoms with Gasteiger partial charge < -0.3 is 19.6 Å². The average molecular weight is 354 g/mol. The SMILES string of the molecule is COc1ccc(CCc2nc3cc(C(=O)O)ccc3c(=O)[nH]2)cc1OC. The Hall–Kier alpha value is -3.35. The molecule has 0 aliphatic rings. The van der Waals surface area contributed by atoms with Crippen molar-refractivity contribution >= 4 is 16.9 Å². The highest BCUT2D eigenvalue weighted by molar-refractivity contribution is 5.92. The zero-order valence-corrected chi connectivity index (χ0v) is 14.4. The summed E-state index contributed by atoms with van der Waals surface area (Å²) >= 11 is 0. The predicted molar refractivity (Wildman–Crippen MR) is 96.3 cm³/mol. The number of aromatic nitrogens is 2. The molecule has 0 radical (unpaired) electrons. The molecule has 0 bridgehead atoms. The Bertz CT molecular complexity index is 1030. The maximum Gasteiger partial charge on any atom is 0.335 e. The van der Waals surface area contributed by atoms with E-state index in [0.717, 1.165) is 5.56 Å². The van der Waals surface area contributed by atoms with Gasteiger partial charge in [0.15, 0.2) is 11.5 Å². The first-order valence-electron chi connectivity index (χ1n) is 7.99. The Morgan fingerprint density at radius 1 is 1.08 bits per heavy atom. The van der Waals surface area contributed by atoms with Crippen molar-refractivity contribution in [3.05, 3.63) is 63.7 Å². The Morgan fingerprint density at radius 3 is 2.54 bits per heavy atom. The summed E-state index contributed by atoms with van der Waals surface area (Å²) in [6.45, 7) is 0. The quantitative estimate of drug-likeness (QED) is 0.705. The van der Waals surface area contributed by atoms with E-state index in [0.29, 0.717) is 41.1 Å². The highest BCUT2D eigenvalue weighted by Crippen LogP contribution is 2.27. The molecule has 7 nitrogen and oxygen atoms in total. The number of aromatic amines is 1. The molecule has 0 saturated carbocycles. The summed E-state index contributed by atoms with van der Waals surface area (Å²) in [5.74, 6) is 0.728. The second kappa shape index (κ2) is 7.26. The maximum atomic E-state index is 12.2. The van der Waals surface area contributed by atoms with Gasteiger partial charge in [0.2, 0.25) is 0 Å². The number of benzene rings is 2. The first kappa shape index (κ1) is 17.5. The molecule has 3 rings (SSSR count). The number of aryl methyl sites for hydroxylation is 2. The van der Waals surface area contributed by atoms with Crippen molar-refractivity contribution in [1.82, 2.24) is 9.97 Å². The lowest BCUT2D eigenvalue weighted by Crippen LogP contribution is -2.13. The largest absolute Gasteiger partial charge is 0.493 e. The first-order valence-corrected chi connectivity index (χ1v) is 7.99. The van der Waals surface area contributed by atoms with Crippen LogP contribution < -0.4 is 15.0 Å². The third-order valence-electron chi connectivity index (χ3n) is 4.10. The van der Waals surface area contributed by atoms with Crippen molar-refractivity contribution in [2.45, 2.75) is 12.8 Å². The number of nitrogens with one attached hydrogen (secondary N) is 1. The molecule has 0 aliphatic carbocycles. The monoisotopic (exact) mass is 354 g/mol. The van der Waals surface area contributed by atoms with E-state index in [9.17, 15) is 9.59 Å². The fourth-order valence-electron chi connectivity index (χ4n) is 2.74. The van der Waals surface area contributed by atoms with Crippen LogP contribution in [-0.2, 0) is 12.8 Å². The molecule has 0 aliphatic heterocycles. The van der Waals surface area contributed by atoms with Gasteiger partial charge in [-0.1, -0.05) is 6.07 Å². The highest BCUT2D eigenvalue weighted by atomic mass is 16.5. The number of hydrogen-bond donors (Lipinski definition) is 2. The van der Waals surface area contributed by atoms with Gasteiger partial charge in [-0.2, -0.15) is 0 Å². The number of ether oxygens (including phenoxy) is 2. The minimum absolute atomic E-state index is 0.0986. The molecular weight excluding hydrogens is 336 g/mol. The van der Waals surface area contributed by atoms with Crippen LogP contribution in [0.2, 0.25) is 0 Å². The summed E-state index contributed by atoms with van der Waals surface area (Å²) in [6.07, 6.45) is 1.13. The number of carboxylic acids is 1. The lowest BCUT2D eigenvalue weighted by Gasteiger charge is -2.09. The summed E-state index contributed by atoms with van der Waals surface area (Å²) in [7, 11) is 3.15. The Kier molecular flexibility index (Phi) is 4.88. The fourth-order valence-corrected chi connectivity index (χ4v) is 2.74. The molecule has 0 fully saturated rings. The van der Waals surface area contributed by atoms with E-state index >= 15 is 0 Å². The van der Waals surface area contributed by atoms with Crippen LogP contribution >= 0.6 is 0 Å². The van der Waals surface area contributed by atoms with Gasteiger partial charge in [-0.15, -0.1) is 0 Å². The number of rotatable bonds is 6. The highest BCUT2D eigenvalue weighted by Gasteiger charge is 2.10. The Balaban J connectivity index is 1.87.